The Morgan fingerprint density at radius 3 is 2.43 bits per heavy atom. The van der Waals surface area contributed by atoms with E-state index in [-0.39, 0.29) is 5.56 Å². The van der Waals surface area contributed by atoms with Crippen molar-refractivity contribution >= 4 is 11.8 Å². The maximum atomic E-state index is 13.0. The Labute approximate surface area is 79.7 Å². The van der Waals surface area contributed by atoms with Gasteiger partial charge in [-0.1, -0.05) is 12.1 Å². The molecule has 1 aromatic rings. The minimum atomic E-state index is -1.34. The normalized spacial score (nSPS) is 10.7. The predicted molar refractivity (Wildman–Crippen MR) is 47.9 cm³/mol. The fourth-order valence-electron chi connectivity index (χ4n) is 0.896. The summed E-state index contributed by atoms with van der Waals surface area (Å²) in [6.45, 7) is 0. The number of carboxylic acid groups (broad SMARTS) is 1. The third kappa shape index (κ3) is 2.42. The van der Waals surface area contributed by atoms with Gasteiger partial charge in [-0.2, -0.15) is 5.26 Å². The smallest absolute Gasteiger partial charge is 0.331 e. The van der Waals surface area contributed by atoms with E-state index in [1.54, 1.807) is 0 Å². The summed E-state index contributed by atoms with van der Waals surface area (Å²) in [5.41, 5.74) is 0.545. The Bertz CT molecular complexity index is 415. The number of halogens is 1. The summed E-state index contributed by atoms with van der Waals surface area (Å²) in [5, 5.41) is 16.7. The van der Waals surface area contributed by atoms with Crippen molar-refractivity contribution in [3.05, 3.63) is 41.5 Å². The van der Waals surface area contributed by atoms with Crippen LogP contribution >= 0.6 is 0 Å². The highest BCUT2D eigenvalue weighted by Crippen LogP contribution is 2.15. The zero-order valence-electron chi connectivity index (χ0n) is 7.07. The second-order valence-electron chi connectivity index (χ2n) is 2.52. The molecule has 0 aliphatic heterocycles. The number of hydrogen-bond acceptors (Lipinski definition) is 2. The molecule has 0 aliphatic rings. The van der Waals surface area contributed by atoms with Crippen LogP contribution < -0.4 is 0 Å². The highest BCUT2D eigenvalue weighted by atomic mass is 19.1. The molecule has 3 nitrogen and oxygen atoms in total. The van der Waals surface area contributed by atoms with Gasteiger partial charge in [-0.05, 0) is 12.1 Å². The van der Waals surface area contributed by atoms with Gasteiger partial charge in [-0.25, -0.2) is 9.18 Å². The number of carbonyl (C=O) groups is 1. The summed E-state index contributed by atoms with van der Waals surface area (Å²) in [6, 6.07) is 7.43. The van der Waals surface area contributed by atoms with E-state index in [9.17, 15) is 9.18 Å². The lowest BCUT2D eigenvalue weighted by atomic mass is 10.1. The lowest BCUT2D eigenvalue weighted by Crippen LogP contribution is -1.89. The van der Waals surface area contributed by atoms with Crippen LogP contribution in [0.4, 0.5) is 4.39 Å². The number of carboxylic acids is 1. The molecule has 1 rings (SSSR count). The molecule has 0 fully saturated rings. The fraction of sp³-hybridized carbons (Fsp3) is 0. The van der Waals surface area contributed by atoms with Crippen molar-refractivity contribution in [2.45, 2.75) is 0 Å². The summed E-state index contributed by atoms with van der Waals surface area (Å²) in [7, 11) is 0. The van der Waals surface area contributed by atoms with Gasteiger partial charge in [-0.15, -0.1) is 0 Å². The Kier molecular flexibility index (Phi) is 2.97. The van der Waals surface area contributed by atoms with Gasteiger partial charge in [0.1, 0.15) is 5.83 Å². The second-order valence-corrected chi connectivity index (χ2v) is 2.52. The van der Waals surface area contributed by atoms with E-state index < -0.39 is 11.8 Å². The van der Waals surface area contributed by atoms with E-state index in [2.05, 4.69) is 0 Å². The standard InChI is InChI=1S/C10H6FNO2/c11-9(5-10(13)14)8-3-1-7(6-12)2-4-8/h1-5H,(H,13,14). The predicted octanol–water partition coefficient (Wildman–Crippen LogP) is 1.95. The molecule has 0 saturated heterocycles. The van der Waals surface area contributed by atoms with Crippen LogP contribution in [0.2, 0.25) is 0 Å². The first kappa shape index (κ1) is 9.93. The van der Waals surface area contributed by atoms with Crippen molar-refractivity contribution < 1.29 is 14.3 Å². The number of hydrogen-bond donors (Lipinski definition) is 1. The molecule has 0 atom stereocenters. The molecule has 0 saturated carbocycles. The quantitative estimate of drug-likeness (QED) is 0.726. The number of aliphatic carboxylic acids is 1. The van der Waals surface area contributed by atoms with Crippen LogP contribution in [0.15, 0.2) is 30.3 Å². The molecular weight excluding hydrogens is 185 g/mol. The Morgan fingerprint density at radius 1 is 1.43 bits per heavy atom. The molecule has 0 heterocycles. The molecule has 0 radical (unpaired) electrons. The van der Waals surface area contributed by atoms with Gasteiger partial charge in [-0.3, -0.25) is 0 Å². The molecule has 0 unspecified atom stereocenters. The lowest BCUT2D eigenvalue weighted by molar-refractivity contribution is -0.131. The zero-order valence-corrected chi connectivity index (χ0v) is 7.07. The van der Waals surface area contributed by atoms with Gasteiger partial charge in [0.15, 0.2) is 0 Å². The first-order valence-corrected chi connectivity index (χ1v) is 3.74. The van der Waals surface area contributed by atoms with Crippen LogP contribution in [0.5, 0.6) is 0 Å². The first-order valence-electron chi connectivity index (χ1n) is 3.74. The van der Waals surface area contributed by atoms with Crippen molar-refractivity contribution in [3.63, 3.8) is 0 Å². The molecule has 70 valence electrons. The van der Waals surface area contributed by atoms with E-state index in [1.165, 1.54) is 24.3 Å². The van der Waals surface area contributed by atoms with E-state index in [4.69, 9.17) is 10.4 Å². The third-order valence-electron chi connectivity index (χ3n) is 1.54. The zero-order chi connectivity index (χ0) is 10.6. The van der Waals surface area contributed by atoms with Crippen LogP contribution in [0.25, 0.3) is 5.83 Å². The second kappa shape index (κ2) is 4.19. The first-order chi connectivity index (χ1) is 6.63. The molecule has 0 aliphatic carbocycles. The van der Waals surface area contributed by atoms with Gasteiger partial charge in [0.2, 0.25) is 0 Å². The Hall–Kier alpha value is -2.15. The van der Waals surface area contributed by atoms with Crippen molar-refractivity contribution in [3.8, 4) is 6.07 Å². The average Bonchev–Trinajstić information content (AvgIpc) is 2.17. The molecule has 4 heteroatoms. The van der Waals surface area contributed by atoms with Crippen molar-refractivity contribution in [2.24, 2.45) is 0 Å². The topological polar surface area (TPSA) is 61.1 Å². The summed E-state index contributed by atoms with van der Waals surface area (Å²) in [5.74, 6) is -2.17. The van der Waals surface area contributed by atoms with Gasteiger partial charge in [0.25, 0.3) is 0 Å². The molecule has 0 amide bonds. The van der Waals surface area contributed by atoms with Gasteiger partial charge in [0.05, 0.1) is 17.7 Å². The number of rotatable bonds is 2. The minimum absolute atomic E-state index is 0.145. The lowest BCUT2D eigenvalue weighted by Gasteiger charge is -1.95. The molecule has 0 aromatic heterocycles. The van der Waals surface area contributed by atoms with Crippen LogP contribution in [0.3, 0.4) is 0 Å². The molecular formula is C10H6FNO2. The highest BCUT2D eigenvalue weighted by molar-refractivity contribution is 5.87. The fourth-order valence-corrected chi connectivity index (χ4v) is 0.896. The van der Waals surface area contributed by atoms with Crippen LogP contribution in [0, 0.1) is 11.3 Å². The maximum absolute atomic E-state index is 13.0. The number of benzene rings is 1. The molecule has 1 N–H and O–H groups in total. The van der Waals surface area contributed by atoms with Crippen molar-refractivity contribution in [1.82, 2.24) is 0 Å². The van der Waals surface area contributed by atoms with Gasteiger partial charge < -0.3 is 5.11 Å². The minimum Gasteiger partial charge on any atom is -0.478 e. The van der Waals surface area contributed by atoms with E-state index in [1.807, 2.05) is 6.07 Å². The average molecular weight is 191 g/mol. The van der Waals surface area contributed by atoms with E-state index in [0.717, 1.165) is 0 Å². The maximum Gasteiger partial charge on any atom is 0.331 e. The summed E-state index contributed by atoms with van der Waals surface area (Å²) in [4.78, 5) is 10.1. The molecule has 1 aromatic carbocycles. The summed E-state index contributed by atoms with van der Waals surface area (Å²) < 4.78 is 13.0. The molecule has 0 bridgehead atoms. The van der Waals surface area contributed by atoms with Gasteiger partial charge in [0, 0.05) is 5.56 Å². The van der Waals surface area contributed by atoms with Crippen LogP contribution in [-0.4, -0.2) is 11.1 Å². The molecule has 14 heavy (non-hydrogen) atoms. The molecule has 0 spiro atoms. The number of nitrogens with zero attached hydrogens (tertiary/aromatic N) is 1. The number of nitriles is 1. The Morgan fingerprint density at radius 2 is 2.00 bits per heavy atom. The summed E-state index contributed by atoms with van der Waals surface area (Å²) in [6.07, 6.45) is 0.474. The van der Waals surface area contributed by atoms with E-state index >= 15 is 0 Å². The van der Waals surface area contributed by atoms with Gasteiger partial charge >= 0.3 is 5.97 Å². The van der Waals surface area contributed by atoms with Crippen LogP contribution in [0.1, 0.15) is 11.1 Å². The largest absolute Gasteiger partial charge is 0.478 e. The SMILES string of the molecule is N#Cc1ccc(C(F)=CC(=O)O)cc1. The van der Waals surface area contributed by atoms with E-state index in [0.29, 0.717) is 11.6 Å². The van der Waals surface area contributed by atoms with Crippen LogP contribution in [-0.2, 0) is 4.79 Å². The summed E-state index contributed by atoms with van der Waals surface area (Å²) >= 11 is 0. The monoisotopic (exact) mass is 191 g/mol. The highest BCUT2D eigenvalue weighted by Gasteiger charge is 2.02. The van der Waals surface area contributed by atoms with Crippen molar-refractivity contribution in [1.29, 1.82) is 5.26 Å². The van der Waals surface area contributed by atoms with Crippen molar-refractivity contribution in [2.75, 3.05) is 0 Å². The Balaban J connectivity index is 2.99. The third-order valence-corrected chi connectivity index (χ3v) is 1.54.